The minimum absolute atomic E-state index is 0.144. The summed E-state index contributed by atoms with van der Waals surface area (Å²) in [5.74, 6) is -1.67. The predicted molar refractivity (Wildman–Crippen MR) is 83.5 cm³/mol. The highest BCUT2D eigenvalue weighted by Gasteiger charge is 2.26. The van der Waals surface area contributed by atoms with Gasteiger partial charge in [-0.3, -0.25) is 4.79 Å². The summed E-state index contributed by atoms with van der Waals surface area (Å²) < 4.78 is 37.4. The maximum Gasteiger partial charge on any atom is 0.237 e. The summed E-state index contributed by atoms with van der Waals surface area (Å²) in [4.78, 5) is 13.8. The number of hydrogen-bond donors (Lipinski definition) is 0. The summed E-state index contributed by atoms with van der Waals surface area (Å²) in [7, 11) is -1.92. The van der Waals surface area contributed by atoms with Gasteiger partial charge in [0.2, 0.25) is 5.91 Å². The van der Waals surface area contributed by atoms with Gasteiger partial charge in [-0.25, -0.2) is 12.8 Å². The number of carbonyl (C=O) groups is 1. The lowest BCUT2D eigenvalue weighted by molar-refractivity contribution is -0.129. The summed E-state index contributed by atoms with van der Waals surface area (Å²) in [6.45, 7) is 0. The standard InChI is InChI=1S/C16H22FNO3S/c1-18(15-8-3-2-4-9-15)16(19)12-22(20,21)11-13-6-5-7-14(17)10-13/h5-7,10,15H,2-4,8-9,11-12H2,1H3. The van der Waals surface area contributed by atoms with Crippen molar-refractivity contribution in [1.29, 1.82) is 0 Å². The molecule has 4 nitrogen and oxygen atoms in total. The normalized spacial score (nSPS) is 16.5. The van der Waals surface area contributed by atoms with Gasteiger partial charge in [0.25, 0.3) is 0 Å². The predicted octanol–water partition coefficient (Wildman–Crippen LogP) is 2.53. The Kier molecular flexibility index (Phi) is 5.56. The molecule has 2 rings (SSSR count). The highest BCUT2D eigenvalue weighted by molar-refractivity contribution is 7.91. The number of nitrogens with zero attached hydrogens (tertiary/aromatic N) is 1. The van der Waals surface area contributed by atoms with Crippen LogP contribution < -0.4 is 0 Å². The van der Waals surface area contributed by atoms with Gasteiger partial charge in [-0.15, -0.1) is 0 Å². The van der Waals surface area contributed by atoms with Gasteiger partial charge in [0.05, 0.1) is 5.75 Å². The van der Waals surface area contributed by atoms with E-state index in [-0.39, 0.29) is 17.7 Å². The zero-order valence-corrected chi connectivity index (χ0v) is 13.6. The van der Waals surface area contributed by atoms with Crippen LogP contribution >= 0.6 is 0 Å². The molecule has 1 aliphatic carbocycles. The molecular weight excluding hydrogens is 305 g/mol. The molecule has 0 N–H and O–H groups in total. The molecule has 0 bridgehead atoms. The minimum atomic E-state index is -3.59. The van der Waals surface area contributed by atoms with Gasteiger partial charge < -0.3 is 4.90 Å². The number of rotatable bonds is 5. The van der Waals surface area contributed by atoms with E-state index in [2.05, 4.69) is 0 Å². The van der Waals surface area contributed by atoms with E-state index >= 15 is 0 Å². The second-order valence-corrected chi connectivity index (χ2v) is 8.02. The lowest BCUT2D eigenvalue weighted by atomic mass is 9.94. The molecular formula is C16H22FNO3S. The third-order valence-electron chi connectivity index (χ3n) is 4.13. The molecule has 1 aromatic rings. The number of sulfone groups is 1. The van der Waals surface area contributed by atoms with Gasteiger partial charge in [0.15, 0.2) is 9.84 Å². The van der Waals surface area contributed by atoms with Gasteiger partial charge in [0, 0.05) is 13.1 Å². The fourth-order valence-corrected chi connectivity index (χ4v) is 4.26. The van der Waals surface area contributed by atoms with Crippen LogP contribution in [0.3, 0.4) is 0 Å². The van der Waals surface area contributed by atoms with Crippen LogP contribution in [0, 0.1) is 5.82 Å². The fraction of sp³-hybridized carbons (Fsp3) is 0.562. The van der Waals surface area contributed by atoms with E-state index in [4.69, 9.17) is 0 Å². The van der Waals surface area contributed by atoms with Crippen LogP contribution in [-0.4, -0.2) is 38.1 Å². The largest absolute Gasteiger partial charge is 0.342 e. The van der Waals surface area contributed by atoms with E-state index in [0.29, 0.717) is 5.56 Å². The Morgan fingerprint density at radius 2 is 1.95 bits per heavy atom. The Morgan fingerprint density at radius 1 is 1.27 bits per heavy atom. The summed E-state index contributed by atoms with van der Waals surface area (Å²) in [5, 5.41) is 0. The van der Waals surface area contributed by atoms with Crippen LogP contribution in [0.1, 0.15) is 37.7 Å². The molecule has 0 radical (unpaired) electrons. The first kappa shape index (κ1) is 16.9. The first-order valence-electron chi connectivity index (χ1n) is 7.58. The maximum atomic E-state index is 13.1. The van der Waals surface area contributed by atoms with Crippen molar-refractivity contribution >= 4 is 15.7 Å². The van der Waals surface area contributed by atoms with Crippen molar-refractivity contribution < 1.29 is 17.6 Å². The molecule has 1 aliphatic rings. The van der Waals surface area contributed by atoms with Gasteiger partial charge in [-0.1, -0.05) is 31.4 Å². The topological polar surface area (TPSA) is 54.5 Å². The lowest BCUT2D eigenvalue weighted by Gasteiger charge is -2.31. The summed E-state index contributed by atoms with van der Waals surface area (Å²) in [5.41, 5.74) is 0.369. The average molecular weight is 327 g/mol. The van der Waals surface area contributed by atoms with Crippen LogP contribution in [0.4, 0.5) is 4.39 Å². The summed E-state index contributed by atoms with van der Waals surface area (Å²) in [6.07, 6.45) is 5.21. The van der Waals surface area contributed by atoms with Gasteiger partial charge in [-0.05, 0) is 30.5 Å². The number of hydrogen-bond acceptors (Lipinski definition) is 3. The Morgan fingerprint density at radius 3 is 2.59 bits per heavy atom. The van der Waals surface area contributed by atoms with E-state index in [1.807, 2.05) is 0 Å². The molecule has 22 heavy (non-hydrogen) atoms. The zero-order valence-electron chi connectivity index (χ0n) is 12.8. The van der Waals surface area contributed by atoms with Crippen LogP contribution in [0.5, 0.6) is 0 Å². The van der Waals surface area contributed by atoms with Crippen molar-refractivity contribution in [3.63, 3.8) is 0 Å². The lowest BCUT2D eigenvalue weighted by Crippen LogP contribution is -2.41. The van der Waals surface area contributed by atoms with E-state index in [9.17, 15) is 17.6 Å². The van der Waals surface area contributed by atoms with Crippen molar-refractivity contribution in [2.75, 3.05) is 12.8 Å². The zero-order chi connectivity index (χ0) is 16.2. The third kappa shape index (κ3) is 4.80. The van der Waals surface area contributed by atoms with Gasteiger partial charge in [-0.2, -0.15) is 0 Å². The molecule has 122 valence electrons. The van der Waals surface area contributed by atoms with Crippen molar-refractivity contribution in [2.45, 2.75) is 43.9 Å². The van der Waals surface area contributed by atoms with Crippen molar-refractivity contribution in [1.82, 2.24) is 4.90 Å². The molecule has 1 saturated carbocycles. The van der Waals surface area contributed by atoms with Crippen LogP contribution in [0.2, 0.25) is 0 Å². The number of benzene rings is 1. The highest BCUT2D eigenvalue weighted by atomic mass is 32.2. The Hall–Kier alpha value is -1.43. The summed E-state index contributed by atoms with van der Waals surface area (Å²) >= 11 is 0. The van der Waals surface area contributed by atoms with E-state index in [0.717, 1.165) is 25.7 Å². The smallest absolute Gasteiger partial charge is 0.237 e. The molecule has 0 saturated heterocycles. The minimum Gasteiger partial charge on any atom is -0.342 e. The number of amides is 1. The van der Waals surface area contributed by atoms with Crippen LogP contribution in [-0.2, 0) is 20.4 Å². The second kappa shape index (κ2) is 7.22. The molecule has 0 aromatic heterocycles. The Balaban J connectivity index is 1.97. The molecule has 1 fully saturated rings. The fourth-order valence-electron chi connectivity index (χ4n) is 2.89. The van der Waals surface area contributed by atoms with Gasteiger partial charge >= 0.3 is 0 Å². The van der Waals surface area contributed by atoms with E-state index < -0.39 is 21.4 Å². The molecule has 0 heterocycles. The quantitative estimate of drug-likeness (QED) is 0.835. The third-order valence-corrected chi connectivity index (χ3v) is 5.59. The Bertz CT molecular complexity index is 624. The molecule has 1 aromatic carbocycles. The maximum absolute atomic E-state index is 13.1. The number of carbonyl (C=O) groups excluding carboxylic acids is 1. The monoisotopic (exact) mass is 327 g/mol. The molecule has 0 atom stereocenters. The Labute approximate surface area is 131 Å². The van der Waals surface area contributed by atoms with Crippen LogP contribution in [0.15, 0.2) is 24.3 Å². The summed E-state index contributed by atoms with van der Waals surface area (Å²) in [6, 6.07) is 5.61. The van der Waals surface area contributed by atoms with E-state index in [1.54, 1.807) is 18.0 Å². The molecule has 6 heteroatoms. The molecule has 0 spiro atoms. The van der Waals surface area contributed by atoms with Crippen molar-refractivity contribution in [3.05, 3.63) is 35.6 Å². The first-order chi connectivity index (χ1) is 10.4. The average Bonchev–Trinajstić information content (AvgIpc) is 2.46. The van der Waals surface area contributed by atoms with Crippen molar-refractivity contribution in [3.8, 4) is 0 Å². The van der Waals surface area contributed by atoms with E-state index in [1.165, 1.54) is 24.6 Å². The second-order valence-electron chi connectivity index (χ2n) is 5.96. The SMILES string of the molecule is CN(C(=O)CS(=O)(=O)Cc1cccc(F)c1)C1CCCCC1. The van der Waals surface area contributed by atoms with Gasteiger partial charge in [0.1, 0.15) is 11.6 Å². The van der Waals surface area contributed by atoms with Crippen molar-refractivity contribution in [2.24, 2.45) is 0 Å². The molecule has 1 amide bonds. The molecule has 0 unspecified atom stereocenters. The highest BCUT2D eigenvalue weighted by Crippen LogP contribution is 2.22. The van der Waals surface area contributed by atoms with Crippen LogP contribution in [0.25, 0.3) is 0 Å². The first-order valence-corrected chi connectivity index (χ1v) is 9.40. The molecule has 0 aliphatic heterocycles. The number of halogens is 1.